The molecule has 1 aliphatic heterocycles. The lowest BCUT2D eigenvalue weighted by Crippen LogP contribution is -2.49. The van der Waals surface area contributed by atoms with Crippen molar-refractivity contribution in [3.63, 3.8) is 0 Å². The minimum Gasteiger partial charge on any atom is -0.365 e. The highest BCUT2D eigenvalue weighted by Crippen LogP contribution is 2.48. The zero-order valence-corrected chi connectivity index (χ0v) is 12.7. The third-order valence-corrected chi connectivity index (χ3v) is 4.76. The van der Waals surface area contributed by atoms with Crippen molar-refractivity contribution in [3.8, 4) is 0 Å². The van der Waals surface area contributed by atoms with E-state index in [-0.39, 0.29) is 5.54 Å². The van der Waals surface area contributed by atoms with Crippen LogP contribution < -0.4 is 10.2 Å². The summed E-state index contributed by atoms with van der Waals surface area (Å²) in [5.41, 5.74) is 4.87. The Morgan fingerprint density at radius 2 is 1.63 bits per heavy atom. The van der Waals surface area contributed by atoms with Gasteiger partial charge in [0.25, 0.3) is 0 Å². The molecule has 0 amide bonds. The number of benzene rings is 1. The van der Waals surface area contributed by atoms with Crippen molar-refractivity contribution >= 4 is 5.69 Å². The first-order valence-electron chi connectivity index (χ1n) is 7.47. The van der Waals surface area contributed by atoms with Crippen molar-refractivity contribution in [1.82, 2.24) is 5.32 Å². The van der Waals surface area contributed by atoms with Crippen LogP contribution >= 0.6 is 0 Å². The van der Waals surface area contributed by atoms with Crippen LogP contribution in [0.25, 0.3) is 0 Å². The summed E-state index contributed by atoms with van der Waals surface area (Å²) in [6.45, 7) is 12.6. The van der Waals surface area contributed by atoms with Gasteiger partial charge in [-0.25, -0.2) is 0 Å². The molecule has 1 saturated heterocycles. The van der Waals surface area contributed by atoms with Crippen LogP contribution in [0.5, 0.6) is 0 Å². The molecular weight excluding hydrogens is 232 g/mol. The highest BCUT2D eigenvalue weighted by Gasteiger charge is 2.48. The van der Waals surface area contributed by atoms with Gasteiger partial charge in [-0.3, -0.25) is 0 Å². The first-order valence-corrected chi connectivity index (χ1v) is 7.47. The highest BCUT2D eigenvalue weighted by atomic mass is 15.2. The summed E-state index contributed by atoms with van der Waals surface area (Å²) in [7, 11) is 0. The molecule has 1 heterocycles. The molecule has 0 unspecified atom stereocenters. The largest absolute Gasteiger partial charge is 0.365 e. The molecule has 19 heavy (non-hydrogen) atoms. The second kappa shape index (κ2) is 4.24. The molecule has 2 fully saturated rings. The number of aryl methyl sites for hydroxylation is 2. The van der Waals surface area contributed by atoms with Crippen molar-refractivity contribution in [2.75, 3.05) is 24.5 Å². The number of anilines is 1. The molecular formula is C17H26N2. The molecule has 2 aliphatic rings. The lowest BCUT2D eigenvalue weighted by atomic mass is 9.99. The lowest BCUT2D eigenvalue weighted by Gasteiger charge is -2.40. The molecule has 3 rings (SSSR count). The van der Waals surface area contributed by atoms with Crippen molar-refractivity contribution in [3.05, 3.63) is 29.3 Å². The maximum absolute atomic E-state index is 3.68. The van der Waals surface area contributed by atoms with Gasteiger partial charge >= 0.3 is 0 Å². The fourth-order valence-electron chi connectivity index (χ4n) is 3.39. The van der Waals surface area contributed by atoms with Gasteiger partial charge in [0.2, 0.25) is 0 Å². The SMILES string of the molecule is Cc1cc(C)cc(N2CC3(CC3)CNCC2(C)C)c1. The Labute approximate surface area is 117 Å². The van der Waals surface area contributed by atoms with Gasteiger partial charge in [-0.15, -0.1) is 0 Å². The smallest absolute Gasteiger partial charge is 0.0470 e. The highest BCUT2D eigenvalue weighted by molar-refractivity contribution is 5.54. The van der Waals surface area contributed by atoms with E-state index in [0.717, 1.165) is 6.54 Å². The summed E-state index contributed by atoms with van der Waals surface area (Å²) in [6, 6.07) is 6.95. The Kier molecular flexibility index (Phi) is 2.90. The average molecular weight is 258 g/mol. The number of rotatable bonds is 1. The van der Waals surface area contributed by atoms with E-state index in [9.17, 15) is 0 Å². The van der Waals surface area contributed by atoms with Gasteiger partial charge in [0.15, 0.2) is 0 Å². The van der Waals surface area contributed by atoms with Crippen LogP contribution in [-0.2, 0) is 0 Å². The standard InChI is InChI=1S/C17H26N2/c1-13-7-14(2)9-15(8-13)19-12-17(5-6-17)11-18-10-16(19,3)4/h7-9,18H,5-6,10-12H2,1-4H3. The van der Waals surface area contributed by atoms with Crippen molar-refractivity contribution < 1.29 is 0 Å². The molecule has 1 aromatic carbocycles. The van der Waals surface area contributed by atoms with Crippen molar-refractivity contribution in [2.45, 2.75) is 46.1 Å². The van der Waals surface area contributed by atoms with Gasteiger partial charge in [-0.2, -0.15) is 0 Å². The molecule has 2 heteroatoms. The van der Waals surface area contributed by atoms with E-state index in [1.165, 1.54) is 42.7 Å². The predicted molar refractivity (Wildman–Crippen MR) is 81.9 cm³/mol. The van der Waals surface area contributed by atoms with Crippen LogP contribution in [0.3, 0.4) is 0 Å². The van der Waals surface area contributed by atoms with Crippen LogP contribution in [0.15, 0.2) is 18.2 Å². The van der Waals surface area contributed by atoms with Crippen LogP contribution in [-0.4, -0.2) is 25.2 Å². The van der Waals surface area contributed by atoms with Crippen LogP contribution in [0.4, 0.5) is 5.69 Å². The molecule has 1 aromatic rings. The molecule has 0 aromatic heterocycles. The Balaban J connectivity index is 1.98. The van der Waals surface area contributed by atoms with E-state index in [4.69, 9.17) is 0 Å². The lowest BCUT2D eigenvalue weighted by molar-refractivity contribution is 0.455. The average Bonchev–Trinajstić information content (AvgIpc) is 3.05. The Hall–Kier alpha value is -1.02. The minimum absolute atomic E-state index is 0.187. The second-order valence-corrected chi connectivity index (χ2v) is 7.35. The second-order valence-electron chi connectivity index (χ2n) is 7.35. The molecule has 104 valence electrons. The molecule has 0 radical (unpaired) electrons. The van der Waals surface area contributed by atoms with Crippen LogP contribution in [0.2, 0.25) is 0 Å². The van der Waals surface area contributed by atoms with Gasteiger partial charge in [-0.05, 0) is 63.8 Å². The first-order chi connectivity index (χ1) is 8.90. The van der Waals surface area contributed by atoms with Crippen LogP contribution in [0.1, 0.15) is 37.8 Å². The van der Waals surface area contributed by atoms with E-state index in [0.29, 0.717) is 5.41 Å². The molecule has 1 N–H and O–H groups in total. The monoisotopic (exact) mass is 258 g/mol. The van der Waals surface area contributed by atoms with Gasteiger partial charge < -0.3 is 10.2 Å². The summed E-state index contributed by atoms with van der Waals surface area (Å²) >= 11 is 0. The summed E-state index contributed by atoms with van der Waals surface area (Å²) in [6.07, 6.45) is 2.77. The maximum Gasteiger partial charge on any atom is 0.0470 e. The van der Waals surface area contributed by atoms with Gasteiger partial charge in [0.05, 0.1) is 0 Å². The normalized spacial score (nSPS) is 24.3. The summed E-state index contributed by atoms with van der Waals surface area (Å²) < 4.78 is 0. The molecule has 2 nitrogen and oxygen atoms in total. The van der Waals surface area contributed by atoms with E-state index in [1.54, 1.807) is 0 Å². The third kappa shape index (κ3) is 2.51. The number of nitrogens with zero attached hydrogens (tertiary/aromatic N) is 1. The predicted octanol–water partition coefficient (Wildman–Crippen LogP) is 3.27. The Morgan fingerprint density at radius 1 is 1.00 bits per heavy atom. The minimum atomic E-state index is 0.187. The van der Waals surface area contributed by atoms with E-state index in [2.05, 4.69) is 56.1 Å². The number of hydrogen-bond donors (Lipinski definition) is 1. The summed E-state index contributed by atoms with van der Waals surface area (Å²) in [5, 5.41) is 3.68. The zero-order valence-electron chi connectivity index (χ0n) is 12.7. The molecule has 1 saturated carbocycles. The van der Waals surface area contributed by atoms with E-state index < -0.39 is 0 Å². The fraction of sp³-hybridized carbons (Fsp3) is 0.647. The topological polar surface area (TPSA) is 15.3 Å². The van der Waals surface area contributed by atoms with Gasteiger partial charge in [-0.1, -0.05) is 6.07 Å². The summed E-state index contributed by atoms with van der Waals surface area (Å²) in [5.74, 6) is 0. The third-order valence-electron chi connectivity index (χ3n) is 4.76. The van der Waals surface area contributed by atoms with E-state index >= 15 is 0 Å². The molecule has 1 aliphatic carbocycles. The summed E-state index contributed by atoms with van der Waals surface area (Å²) in [4.78, 5) is 2.64. The Morgan fingerprint density at radius 3 is 2.21 bits per heavy atom. The zero-order chi connectivity index (χ0) is 13.7. The first kappa shape index (κ1) is 13.0. The number of nitrogens with one attached hydrogen (secondary N) is 1. The molecule has 1 spiro atoms. The maximum atomic E-state index is 3.68. The molecule has 0 bridgehead atoms. The molecule has 0 atom stereocenters. The van der Waals surface area contributed by atoms with Crippen molar-refractivity contribution in [1.29, 1.82) is 0 Å². The van der Waals surface area contributed by atoms with Gasteiger partial charge in [0, 0.05) is 36.3 Å². The quantitative estimate of drug-likeness (QED) is 0.831. The van der Waals surface area contributed by atoms with Crippen molar-refractivity contribution in [2.24, 2.45) is 5.41 Å². The van der Waals surface area contributed by atoms with Crippen LogP contribution in [0, 0.1) is 19.3 Å². The Bertz CT molecular complexity index is 466. The van der Waals surface area contributed by atoms with Gasteiger partial charge in [0.1, 0.15) is 0 Å². The fourth-order valence-corrected chi connectivity index (χ4v) is 3.39. The number of hydrogen-bond acceptors (Lipinski definition) is 2. The van der Waals surface area contributed by atoms with E-state index in [1.807, 2.05) is 0 Å².